The van der Waals surface area contributed by atoms with E-state index >= 15 is 0 Å². The first kappa shape index (κ1) is 26.6. The van der Waals surface area contributed by atoms with Gasteiger partial charge in [-0.25, -0.2) is 0 Å². The standard InChI is InChI=1S/C28H25ClN2O7/c1-15(32)30-16-9-11-17(12-10-16)31-25(18-7-5-6-8-21(18)36-2)24(27(34)28(31)35)26(33)19-13-20(29)23(38-4)14-22(19)37-3/h5-14,25,33H,1-4H3,(H,30,32)/b26-24+. The Morgan fingerprint density at radius 3 is 2.16 bits per heavy atom. The molecule has 9 nitrogen and oxygen atoms in total. The average molecular weight is 537 g/mol. The van der Waals surface area contributed by atoms with Gasteiger partial charge in [0.05, 0.1) is 43.5 Å². The fraction of sp³-hybridized carbons (Fsp3) is 0.179. The number of hydrogen-bond acceptors (Lipinski definition) is 7. The summed E-state index contributed by atoms with van der Waals surface area (Å²) in [5.41, 5.74) is 1.29. The zero-order valence-electron chi connectivity index (χ0n) is 21.1. The molecule has 0 spiro atoms. The van der Waals surface area contributed by atoms with Crippen LogP contribution in [0, 0.1) is 0 Å². The molecule has 0 aromatic heterocycles. The van der Waals surface area contributed by atoms with Gasteiger partial charge in [-0.1, -0.05) is 29.8 Å². The first-order valence-corrected chi connectivity index (χ1v) is 11.8. The van der Waals surface area contributed by atoms with Gasteiger partial charge in [-0.3, -0.25) is 19.3 Å². The molecule has 0 radical (unpaired) electrons. The van der Waals surface area contributed by atoms with Crippen molar-refractivity contribution in [2.75, 3.05) is 31.5 Å². The van der Waals surface area contributed by atoms with Crippen LogP contribution in [0.15, 0.2) is 66.2 Å². The highest BCUT2D eigenvalue weighted by Crippen LogP contribution is 2.46. The molecule has 3 aromatic rings. The number of para-hydroxylation sites is 1. The lowest BCUT2D eigenvalue weighted by molar-refractivity contribution is -0.132. The van der Waals surface area contributed by atoms with Crippen molar-refractivity contribution in [1.29, 1.82) is 0 Å². The highest BCUT2D eigenvalue weighted by molar-refractivity contribution is 6.51. The van der Waals surface area contributed by atoms with E-state index in [4.69, 9.17) is 25.8 Å². The minimum absolute atomic E-state index is 0.109. The van der Waals surface area contributed by atoms with Gasteiger partial charge in [-0.2, -0.15) is 0 Å². The molecular weight excluding hydrogens is 512 g/mol. The number of carbonyl (C=O) groups excluding carboxylic acids is 3. The largest absolute Gasteiger partial charge is 0.507 e. The highest BCUT2D eigenvalue weighted by Gasteiger charge is 2.48. The zero-order chi connectivity index (χ0) is 27.6. The SMILES string of the molecule is COc1cc(OC)c(/C(O)=C2\C(=O)C(=O)N(c3ccc(NC(C)=O)cc3)C2c2ccccc2OC)cc1Cl. The van der Waals surface area contributed by atoms with Crippen LogP contribution in [-0.2, 0) is 14.4 Å². The monoisotopic (exact) mass is 536 g/mol. The summed E-state index contributed by atoms with van der Waals surface area (Å²) in [5, 5.41) is 14.4. The van der Waals surface area contributed by atoms with E-state index in [1.54, 1.807) is 48.5 Å². The third-order valence-electron chi connectivity index (χ3n) is 6.07. The second kappa shape index (κ2) is 10.9. The zero-order valence-corrected chi connectivity index (χ0v) is 21.8. The lowest BCUT2D eigenvalue weighted by Crippen LogP contribution is -2.29. The van der Waals surface area contributed by atoms with Crippen LogP contribution in [0.4, 0.5) is 11.4 Å². The summed E-state index contributed by atoms with van der Waals surface area (Å²) in [6.07, 6.45) is 0. The molecule has 3 aromatic carbocycles. The van der Waals surface area contributed by atoms with E-state index in [0.717, 1.165) is 0 Å². The molecule has 38 heavy (non-hydrogen) atoms. The molecule has 4 rings (SSSR count). The van der Waals surface area contributed by atoms with Crippen LogP contribution in [0.3, 0.4) is 0 Å². The Bertz CT molecular complexity index is 1450. The normalized spacial score (nSPS) is 16.3. The van der Waals surface area contributed by atoms with Gasteiger partial charge in [-0.05, 0) is 36.4 Å². The molecule has 2 N–H and O–H groups in total. The summed E-state index contributed by atoms with van der Waals surface area (Å²) in [4.78, 5) is 39.7. The van der Waals surface area contributed by atoms with Crippen molar-refractivity contribution in [2.24, 2.45) is 0 Å². The molecule has 196 valence electrons. The molecule has 1 aliphatic rings. The number of aliphatic hydroxyl groups excluding tert-OH is 1. The van der Waals surface area contributed by atoms with Gasteiger partial charge in [0, 0.05) is 29.9 Å². The van der Waals surface area contributed by atoms with Gasteiger partial charge >= 0.3 is 0 Å². The number of hydrogen-bond donors (Lipinski definition) is 2. The number of benzene rings is 3. The second-order valence-electron chi connectivity index (χ2n) is 8.33. The van der Waals surface area contributed by atoms with Crippen LogP contribution < -0.4 is 24.4 Å². The maximum Gasteiger partial charge on any atom is 0.300 e. The number of nitrogens with zero attached hydrogens (tertiary/aromatic N) is 1. The number of carbonyl (C=O) groups is 3. The van der Waals surface area contributed by atoms with Crippen molar-refractivity contribution < 1.29 is 33.7 Å². The van der Waals surface area contributed by atoms with Crippen LogP contribution in [0.25, 0.3) is 5.76 Å². The van der Waals surface area contributed by atoms with E-state index in [2.05, 4.69) is 5.32 Å². The van der Waals surface area contributed by atoms with E-state index in [-0.39, 0.29) is 27.8 Å². The summed E-state index contributed by atoms with van der Waals surface area (Å²) in [5.74, 6) is -1.58. The predicted octanol–water partition coefficient (Wildman–Crippen LogP) is 4.95. The number of halogens is 1. The van der Waals surface area contributed by atoms with Crippen LogP contribution >= 0.6 is 11.6 Å². The van der Waals surface area contributed by atoms with Crippen molar-refractivity contribution in [1.82, 2.24) is 0 Å². The molecule has 0 saturated carbocycles. The molecule has 1 aliphatic heterocycles. The Morgan fingerprint density at radius 1 is 0.921 bits per heavy atom. The smallest absolute Gasteiger partial charge is 0.300 e. The first-order chi connectivity index (χ1) is 18.2. The van der Waals surface area contributed by atoms with E-state index in [1.165, 1.54) is 45.3 Å². The van der Waals surface area contributed by atoms with Crippen LogP contribution in [0.2, 0.25) is 5.02 Å². The van der Waals surface area contributed by atoms with Crippen molar-refractivity contribution in [3.05, 3.63) is 82.4 Å². The minimum Gasteiger partial charge on any atom is -0.507 e. The third kappa shape index (κ3) is 4.76. The Kier molecular flexibility index (Phi) is 7.59. The Balaban J connectivity index is 1.96. The average Bonchev–Trinajstić information content (AvgIpc) is 3.18. The fourth-order valence-electron chi connectivity index (χ4n) is 4.38. The molecule has 1 atom stereocenters. The fourth-order valence-corrected chi connectivity index (χ4v) is 4.63. The molecule has 2 amide bonds. The topological polar surface area (TPSA) is 114 Å². The summed E-state index contributed by atoms with van der Waals surface area (Å²) in [7, 11) is 4.30. The lowest BCUT2D eigenvalue weighted by atomic mass is 9.94. The van der Waals surface area contributed by atoms with E-state index in [1.807, 2.05) is 0 Å². The molecule has 1 heterocycles. The maximum atomic E-state index is 13.5. The van der Waals surface area contributed by atoms with Crippen molar-refractivity contribution in [3.8, 4) is 17.2 Å². The van der Waals surface area contributed by atoms with Gasteiger partial charge in [0.25, 0.3) is 11.7 Å². The molecule has 1 saturated heterocycles. The molecule has 10 heteroatoms. The second-order valence-corrected chi connectivity index (χ2v) is 8.73. The molecule has 0 aliphatic carbocycles. The van der Waals surface area contributed by atoms with E-state index in [0.29, 0.717) is 28.4 Å². The molecular formula is C28H25ClN2O7. The number of anilines is 2. The molecule has 1 fully saturated rings. The highest BCUT2D eigenvalue weighted by atomic mass is 35.5. The Morgan fingerprint density at radius 2 is 1.55 bits per heavy atom. The number of aliphatic hydroxyl groups is 1. The minimum atomic E-state index is -1.05. The van der Waals surface area contributed by atoms with Crippen molar-refractivity contribution in [3.63, 3.8) is 0 Å². The van der Waals surface area contributed by atoms with Crippen LogP contribution in [0.5, 0.6) is 17.2 Å². The summed E-state index contributed by atoms with van der Waals surface area (Å²) in [6.45, 7) is 1.38. The number of rotatable bonds is 7. The maximum absolute atomic E-state index is 13.5. The van der Waals surface area contributed by atoms with Gasteiger partial charge in [0.2, 0.25) is 5.91 Å². The van der Waals surface area contributed by atoms with E-state index < -0.39 is 23.5 Å². The van der Waals surface area contributed by atoms with Gasteiger partial charge in [0.1, 0.15) is 23.0 Å². The van der Waals surface area contributed by atoms with Crippen molar-refractivity contribution >= 4 is 46.3 Å². The summed E-state index contributed by atoms with van der Waals surface area (Å²) in [6, 6.07) is 15.2. The number of ketones is 1. The third-order valence-corrected chi connectivity index (χ3v) is 6.37. The van der Waals surface area contributed by atoms with Gasteiger partial charge in [-0.15, -0.1) is 0 Å². The summed E-state index contributed by atoms with van der Waals surface area (Å²) >= 11 is 6.32. The van der Waals surface area contributed by atoms with Gasteiger partial charge < -0.3 is 24.6 Å². The molecule has 1 unspecified atom stereocenters. The molecule has 0 bridgehead atoms. The number of nitrogens with one attached hydrogen (secondary N) is 1. The lowest BCUT2D eigenvalue weighted by Gasteiger charge is -2.27. The van der Waals surface area contributed by atoms with E-state index in [9.17, 15) is 19.5 Å². The number of ether oxygens (including phenoxy) is 3. The van der Waals surface area contributed by atoms with Crippen LogP contribution in [0.1, 0.15) is 24.1 Å². The number of Topliss-reactive ketones (excluding diaryl/α,β-unsaturated/α-hetero) is 1. The first-order valence-electron chi connectivity index (χ1n) is 11.4. The number of methoxy groups -OCH3 is 3. The quantitative estimate of drug-likeness (QED) is 0.249. The number of amides is 2. The predicted molar refractivity (Wildman–Crippen MR) is 143 cm³/mol. The Labute approximate surface area is 224 Å². The Hall–Kier alpha value is -4.50. The van der Waals surface area contributed by atoms with Crippen molar-refractivity contribution in [2.45, 2.75) is 13.0 Å². The van der Waals surface area contributed by atoms with Crippen LogP contribution in [-0.4, -0.2) is 44.0 Å². The summed E-state index contributed by atoms with van der Waals surface area (Å²) < 4.78 is 16.2. The van der Waals surface area contributed by atoms with Gasteiger partial charge in [0.15, 0.2) is 0 Å².